The van der Waals surface area contributed by atoms with Crippen molar-refractivity contribution in [1.82, 2.24) is 15.5 Å². The maximum atomic E-state index is 14.2. The van der Waals surface area contributed by atoms with Crippen LogP contribution in [0, 0.1) is 17.6 Å². The summed E-state index contributed by atoms with van der Waals surface area (Å²) in [5.41, 5.74) is -0.751. The van der Waals surface area contributed by atoms with Gasteiger partial charge in [-0.05, 0) is 12.5 Å². The summed E-state index contributed by atoms with van der Waals surface area (Å²) in [6.07, 6.45) is -4.35. The van der Waals surface area contributed by atoms with Crippen LogP contribution in [0.25, 0.3) is 11.4 Å². The Bertz CT molecular complexity index is 815. The first-order chi connectivity index (χ1) is 12.3. The smallest absolute Gasteiger partial charge is 0.381 e. The monoisotopic (exact) mass is 377 g/mol. The van der Waals surface area contributed by atoms with Gasteiger partial charge in [-0.3, -0.25) is 4.79 Å². The predicted octanol–water partition coefficient (Wildman–Crippen LogP) is 2.69. The van der Waals surface area contributed by atoms with Gasteiger partial charge < -0.3 is 14.6 Å². The summed E-state index contributed by atoms with van der Waals surface area (Å²) in [5.74, 6) is -5.84. The number of aromatic nitrogens is 2. The number of alkyl halides is 3. The molecular weight excluding hydrogens is 365 g/mol. The van der Waals surface area contributed by atoms with E-state index in [1.807, 2.05) is 0 Å². The third-order valence-electron chi connectivity index (χ3n) is 3.83. The molecule has 1 aliphatic rings. The van der Waals surface area contributed by atoms with Gasteiger partial charge in [0.15, 0.2) is 11.6 Å². The molecular formula is C15H12F5N3O3. The molecule has 1 fully saturated rings. The van der Waals surface area contributed by atoms with E-state index in [0.29, 0.717) is 13.0 Å². The molecule has 0 spiro atoms. The van der Waals surface area contributed by atoms with Crippen LogP contribution in [0.4, 0.5) is 22.0 Å². The van der Waals surface area contributed by atoms with E-state index in [-0.39, 0.29) is 30.5 Å². The molecule has 0 bridgehead atoms. The molecule has 1 unspecified atom stereocenters. The second-order valence-corrected chi connectivity index (χ2v) is 5.60. The van der Waals surface area contributed by atoms with Gasteiger partial charge in [0.05, 0.1) is 18.1 Å². The minimum atomic E-state index is -4.89. The number of carbonyl (C=O) groups excluding carboxylic acids is 1. The first-order valence-electron chi connectivity index (χ1n) is 7.51. The fourth-order valence-corrected chi connectivity index (χ4v) is 2.41. The van der Waals surface area contributed by atoms with Crippen LogP contribution in [-0.2, 0) is 22.3 Å². The van der Waals surface area contributed by atoms with Crippen LogP contribution >= 0.6 is 0 Å². The average Bonchev–Trinajstić information content (AvgIpc) is 3.27. The van der Waals surface area contributed by atoms with Crippen molar-refractivity contribution in [3.05, 3.63) is 35.2 Å². The lowest BCUT2D eigenvalue weighted by Crippen LogP contribution is -2.30. The fraction of sp³-hybridized carbons (Fsp3) is 0.400. The Balaban J connectivity index is 1.76. The molecule has 1 saturated heterocycles. The lowest BCUT2D eigenvalue weighted by molar-refractivity contribution is -0.159. The molecule has 0 saturated carbocycles. The first-order valence-corrected chi connectivity index (χ1v) is 7.51. The minimum absolute atomic E-state index is 0.168. The first kappa shape index (κ1) is 18.2. The molecule has 2 aromatic rings. The highest BCUT2D eigenvalue weighted by Gasteiger charge is 2.39. The summed E-state index contributed by atoms with van der Waals surface area (Å²) in [7, 11) is 0. The van der Waals surface area contributed by atoms with Crippen LogP contribution in [0.3, 0.4) is 0 Å². The predicted molar refractivity (Wildman–Crippen MR) is 75.4 cm³/mol. The number of hydrogen-bond donors (Lipinski definition) is 1. The molecule has 1 aliphatic heterocycles. The topological polar surface area (TPSA) is 77.3 Å². The van der Waals surface area contributed by atoms with Gasteiger partial charge in [0.25, 0.3) is 0 Å². The summed E-state index contributed by atoms with van der Waals surface area (Å²) in [4.78, 5) is 14.9. The van der Waals surface area contributed by atoms with Crippen molar-refractivity contribution >= 4 is 5.91 Å². The minimum Gasteiger partial charge on any atom is -0.381 e. The van der Waals surface area contributed by atoms with Crippen molar-refractivity contribution in [2.75, 3.05) is 13.2 Å². The molecule has 2 heterocycles. The van der Waals surface area contributed by atoms with E-state index in [2.05, 4.69) is 20.0 Å². The zero-order chi connectivity index (χ0) is 18.9. The van der Waals surface area contributed by atoms with Crippen LogP contribution in [0.1, 0.15) is 17.9 Å². The molecule has 1 aromatic heterocycles. The Kier molecular flexibility index (Phi) is 4.90. The zero-order valence-electron chi connectivity index (χ0n) is 13.1. The Morgan fingerprint density at radius 2 is 2.04 bits per heavy atom. The SMILES string of the molecule is O=C(NCc1ccc(-c2noc(C(F)(F)F)n2)c(F)c1F)C1CCOC1. The molecule has 6 nitrogen and oxygen atoms in total. The normalized spacial score (nSPS) is 17.5. The second kappa shape index (κ2) is 6.98. The quantitative estimate of drug-likeness (QED) is 0.829. The van der Waals surface area contributed by atoms with E-state index >= 15 is 0 Å². The molecule has 0 aliphatic carbocycles. The van der Waals surface area contributed by atoms with Crippen LogP contribution in [0.2, 0.25) is 0 Å². The standard InChI is InChI=1S/C15H12F5N3O3/c16-10-7(5-21-13(24)8-3-4-25-6-8)1-2-9(11(10)17)12-22-14(26-23-12)15(18,19)20/h1-2,8H,3-6H2,(H,21,24). The van der Waals surface area contributed by atoms with Crippen molar-refractivity contribution in [1.29, 1.82) is 0 Å². The van der Waals surface area contributed by atoms with Gasteiger partial charge in [0, 0.05) is 18.7 Å². The lowest BCUT2D eigenvalue weighted by Gasteiger charge is -2.11. The van der Waals surface area contributed by atoms with Crippen molar-refractivity contribution < 1.29 is 36.0 Å². The highest BCUT2D eigenvalue weighted by atomic mass is 19.4. The van der Waals surface area contributed by atoms with Gasteiger partial charge in [-0.25, -0.2) is 8.78 Å². The fourth-order valence-electron chi connectivity index (χ4n) is 2.41. The van der Waals surface area contributed by atoms with Crippen LogP contribution < -0.4 is 5.32 Å². The molecule has 1 amide bonds. The number of hydrogen-bond acceptors (Lipinski definition) is 5. The number of ether oxygens (including phenoxy) is 1. The number of carbonyl (C=O) groups is 1. The van der Waals surface area contributed by atoms with Gasteiger partial charge in [-0.1, -0.05) is 11.2 Å². The van der Waals surface area contributed by atoms with E-state index in [9.17, 15) is 26.7 Å². The number of amides is 1. The van der Waals surface area contributed by atoms with Gasteiger partial charge >= 0.3 is 12.1 Å². The Labute approximate surface area is 143 Å². The van der Waals surface area contributed by atoms with Gasteiger partial charge in [0.1, 0.15) is 0 Å². The average molecular weight is 377 g/mol. The summed E-state index contributed by atoms with van der Waals surface area (Å²) < 4.78 is 74.7. The van der Waals surface area contributed by atoms with E-state index < -0.39 is 35.1 Å². The summed E-state index contributed by atoms with van der Waals surface area (Å²) in [6, 6.07) is 2.15. The van der Waals surface area contributed by atoms with Gasteiger partial charge in [-0.15, -0.1) is 0 Å². The Morgan fingerprint density at radius 1 is 1.27 bits per heavy atom. The molecule has 1 N–H and O–H groups in total. The van der Waals surface area contributed by atoms with E-state index in [1.54, 1.807) is 0 Å². The van der Waals surface area contributed by atoms with Crippen LogP contribution in [0.15, 0.2) is 16.7 Å². The van der Waals surface area contributed by atoms with Crippen LogP contribution in [0.5, 0.6) is 0 Å². The number of nitrogens with one attached hydrogen (secondary N) is 1. The number of halogens is 5. The lowest BCUT2D eigenvalue weighted by atomic mass is 10.1. The molecule has 140 valence electrons. The largest absolute Gasteiger partial charge is 0.471 e. The van der Waals surface area contributed by atoms with Crippen LogP contribution in [-0.4, -0.2) is 29.3 Å². The molecule has 1 atom stereocenters. The van der Waals surface area contributed by atoms with Crippen molar-refractivity contribution in [2.45, 2.75) is 19.1 Å². The second-order valence-electron chi connectivity index (χ2n) is 5.60. The van der Waals surface area contributed by atoms with E-state index in [0.717, 1.165) is 12.1 Å². The molecule has 11 heteroatoms. The summed E-state index contributed by atoms with van der Waals surface area (Å²) in [5, 5.41) is 5.48. The molecule has 0 radical (unpaired) electrons. The Morgan fingerprint density at radius 3 is 2.65 bits per heavy atom. The van der Waals surface area contributed by atoms with Gasteiger partial charge in [-0.2, -0.15) is 18.2 Å². The molecule has 3 rings (SSSR count). The van der Waals surface area contributed by atoms with E-state index in [1.165, 1.54) is 0 Å². The number of nitrogens with zero attached hydrogens (tertiary/aromatic N) is 2. The van der Waals surface area contributed by atoms with Crippen molar-refractivity contribution in [2.24, 2.45) is 5.92 Å². The van der Waals surface area contributed by atoms with Crippen molar-refractivity contribution in [3.8, 4) is 11.4 Å². The van der Waals surface area contributed by atoms with Crippen molar-refractivity contribution in [3.63, 3.8) is 0 Å². The summed E-state index contributed by atoms with van der Waals surface area (Å²) in [6.45, 7) is 0.444. The number of rotatable bonds is 4. The maximum Gasteiger partial charge on any atom is 0.471 e. The maximum absolute atomic E-state index is 14.2. The zero-order valence-corrected chi connectivity index (χ0v) is 13.1. The van der Waals surface area contributed by atoms with Gasteiger partial charge in [0.2, 0.25) is 11.7 Å². The highest BCUT2D eigenvalue weighted by Crippen LogP contribution is 2.31. The third-order valence-corrected chi connectivity index (χ3v) is 3.83. The molecule has 26 heavy (non-hydrogen) atoms. The number of benzene rings is 1. The summed E-state index contributed by atoms with van der Waals surface area (Å²) >= 11 is 0. The van der Waals surface area contributed by atoms with E-state index in [4.69, 9.17) is 4.74 Å². The molecule has 1 aromatic carbocycles. The highest BCUT2D eigenvalue weighted by molar-refractivity contribution is 5.79. The third kappa shape index (κ3) is 3.66. The Hall–Kier alpha value is -2.56.